The van der Waals surface area contributed by atoms with Gasteiger partial charge in [-0.2, -0.15) is 0 Å². The first-order valence-corrected chi connectivity index (χ1v) is 10.6. The first-order chi connectivity index (χ1) is 15.5. The van der Waals surface area contributed by atoms with E-state index in [-0.39, 0.29) is 12.5 Å². The van der Waals surface area contributed by atoms with Crippen LogP contribution in [0.1, 0.15) is 16.7 Å². The maximum Gasteiger partial charge on any atom is 0.408 e. The number of carbonyl (C=O) groups excluding carboxylic acids is 2. The van der Waals surface area contributed by atoms with Crippen LogP contribution >= 0.6 is 0 Å². The molecule has 0 spiro atoms. The molecule has 1 atom stereocenters. The fourth-order valence-electron chi connectivity index (χ4n) is 3.19. The lowest BCUT2D eigenvalue weighted by molar-refractivity contribution is -0.123. The monoisotopic (exact) mass is 431 g/mol. The van der Waals surface area contributed by atoms with E-state index in [1.165, 1.54) is 0 Å². The first kappa shape index (κ1) is 22.9. The van der Waals surface area contributed by atoms with E-state index in [1.54, 1.807) is 0 Å². The predicted octanol–water partition coefficient (Wildman–Crippen LogP) is 3.91. The Hall–Kier alpha value is -3.80. The molecule has 166 valence electrons. The second kappa shape index (κ2) is 11.6. The van der Waals surface area contributed by atoms with Crippen molar-refractivity contribution in [3.8, 4) is 0 Å². The van der Waals surface area contributed by atoms with Gasteiger partial charge in [-0.3, -0.25) is 4.79 Å². The lowest BCUT2D eigenvalue weighted by atomic mass is 10.1. The van der Waals surface area contributed by atoms with E-state index in [2.05, 4.69) is 10.6 Å². The highest BCUT2D eigenvalue weighted by Gasteiger charge is 2.22. The van der Waals surface area contributed by atoms with Crippen LogP contribution in [0.5, 0.6) is 0 Å². The van der Waals surface area contributed by atoms with Crippen LogP contribution in [-0.4, -0.2) is 32.1 Å². The van der Waals surface area contributed by atoms with Crippen molar-refractivity contribution in [3.05, 3.63) is 102 Å². The standard InChI is InChI=1S/C26H29N3O3/c1-29(2)23-15-13-21(14-16-23)18-27-25(30)24(17-20-9-5-3-6-10-20)28-26(31)32-19-22-11-7-4-8-12-22/h3-16,24H,17-19H2,1-2H3,(H,27,30)(H,28,31). The average molecular weight is 432 g/mol. The van der Waals surface area contributed by atoms with Crippen LogP contribution in [0.2, 0.25) is 0 Å². The number of nitrogens with zero attached hydrogens (tertiary/aromatic N) is 1. The molecule has 3 aromatic rings. The van der Waals surface area contributed by atoms with Crippen molar-refractivity contribution in [1.29, 1.82) is 0 Å². The maximum absolute atomic E-state index is 12.9. The van der Waals surface area contributed by atoms with Crippen molar-refractivity contribution in [3.63, 3.8) is 0 Å². The Kier molecular flexibility index (Phi) is 8.26. The zero-order valence-electron chi connectivity index (χ0n) is 18.5. The Balaban J connectivity index is 1.60. The van der Waals surface area contributed by atoms with Crippen LogP contribution in [0.4, 0.5) is 10.5 Å². The van der Waals surface area contributed by atoms with E-state index in [9.17, 15) is 9.59 Å². The second-order valence-electron chi connectivity index (χ2n) is 7.73. The van der Waals surface area contributed by atoms with Crippen LogP contribution < -0.4 is 15.5 Å². The highest BCUT2D eigenvalue weighted by atomic mass is 16.5. The Bertz CT molecular complexity index is 990. The molecular formula is C26H29N3O3. The van der Waals surface area contributed by atoms with E-state index in [0.717, 1.165) is 22.4 Å². The van der Waals surface area contributed by atoms with Gasteiger partial charge in [0.2, 0.25) is 5.91 Å². The molecule has 0 aliphatic carbocycles. The molecule has 3 aromatic carbocycles. The van der Waals surface area contributed by atoms with E-state index >= 15 is 0 Å². The molecule has 0 saturated heterocycles. The van der Waals surface area contributed by atoms with Gasteiger partial charge in [-0.1, -0.05) is 72.8 Å². The molecule has 2 amide bonds. The van der Waals surface area contributed by atoms with Gasteiger partial charge in [0.1, 0.15) is 12.6 Å². The molecule has 0 heterocycles. The van der Waals surface area contributed by atoms with E-state index in [4.69, 9.17) is 4.74 Å². The number of benzene rings is 3. The largest absolute Gasteiger partial charge is 0.445 e. The molecule has 6 nitrogen and oxygen atoms in total. The average Bonchev–Trinajstić information content (AvgIpc) is 2.82. The molecule has 0 bridgehead atoms. The van der Waals surface area contributed by atoms with Gasteiger partial charge < -0.3 is 20.3 Å². The van der Waals surface area contributed by atoms with Gasteiger partial charge in [0.15, 0.2) is 0 Å². The number of amides is 2. The minimum Gasteiger partial charge on any atom is -0.445 e. The SMILES string of the molecule is CN(C)c1ccc(CNC(=O)C(Cc2ccccc2)NC(=O)OCc2ccccc2)cc1. The molecule has 32 heavy (non-hydrogen) atoms. The first-order valence-electron chi connectivity index (χ1n) is 10.6. The Morgan fingerprint density at radius 3 is 2.00 bits per heavy atom. The number of alkyl carbamates (subject to hydrolysis) is 1. The summed E-state index contributed by atoms with van der Waals surface area (Å²) in [7, 11) is 3.96. The van der Waals surface area contributed by atoms with Gasteiger partial charge in [-0.05, 0) is 28.8 Å². The van der Waals surface area contributed by atoms with Crippen LogP contribution in [0.3, 0.4) is 0 Å². The van der Waals surface area contributed by atoms with Crippen molar-refractivity contribution in [1.82, 2.24) is 10.6 Å². The predicted molar refractivity (Wildman–Crippen MR) is 126 cm³/mol. The van der Waals surface area contributed by atoms with Crippen LogP contribution in [0.25, 0.3) is 0 Å². The number of ether oxygens (including phenoxy) is 1. The molecule has 6 heteroatoms. The van der Waals surface area contributed by atoms with E-state index in [0.29, 0.717) is 13.0 Å². The van der Waals surface area contributed by atoms with Gasteiger partial charge in [0.05, 0.1) is 0 Å². The van der Waals surface area contributed by atoms with E-state index in [1.807, 2.05) is 104 Å². The van der Waals surface area contributed by atoms with Crippen LogP contribution in [-0.2, 0) is 29.1 Å². The van der Waals surface area contributed by atoms with Crippen LogP contribution in [0, 0.1) is 0 Å². The molecule has 3 rings (SSSR count). The fraction of sp³-hybridized carbons (Fsp3) is 0.231. The Labute approximate surface area is 189 Å². The smallest absolute Gasteiger partial charge is 0.408 e. The summed E-state index contributed by atoms with van der Waals surface area (Å²) in [5, 5.41) is 5.64. The molecule has 1 unspecified atom stereocenters. The number of rotatable bonds is 9. The zero-order chi connectivity index (χ0) is 22.8. The van der Waals surface area contributed by atoms with Crippen molar-refractivity contribution < 1.29 is 14.3 Å². The highest BCUT2D eigenvalue weighted by molar-refractivity contribution is 5.85. The summed E-state index contributed by atoms with van der Waals surface area (Å²) in [6.45, 7) is 0.517. The lowest BCUT2D eigenvalue weighted by Crippen LogP contribution is -2.48. The summed E-state index contributed by atoms with van der Waals surface area (Å²) in [4.78, 5) is 27.3. The van der Waals surface area contributed by atoms with E-state index < -0.39 is 12.1 Å². The normalized spacial score (nSPS) is 11.3. The van der Waals surface area contributed by atoms with Crippen LogP contribution in [0.15, 0.2) is 84.9 Å². The van der Waals surface area contributed by atoms with Crippen molar-refractivity contribution >= 4 is 17.7 Å². The summed E-state index contributed by atoms with van der Waals surface area (Å²) in [5.41, 5.74) is 3.90. The summed E-state index contributed by atoms with van der Waals surface area (Å²) in [6, 6.07) is 26.2. The highest BCUT2D eigenvalue weighted by Crippen LogP contribution is 2.12. The molecule has 0 aliphatic heterocycles. The molecule has 0 aromatic heterocycles. The minimum absolute atomic E-state index is 0.143. The third-order valence-electron chi connectivity index (χ3n) is 5.02. The van der Waals surface area contributed by atoms with Gasteiger partial charge in [-0.15, -0.1) is 0 Å². The Morgan fingerprint density at radius 2 is 1.41 bits per heavy atom. The Morgan fingerprint density at radius 1 is 0.812 bits per heavy atom. The lowest BCUT2D eigenvalue weighted by Gasteiger charge is -2.19. The quantitative estimate of drug-likeness (QED) is 0.539. The minimum atomic E-state index is -0.748. The molecule has 0 saturated carbocycles. The van der Waals surface area contributed by atoms with Gasteiger partial charge in [0.25, 0.3) is 0 Å². The maximum atomic E-state index is 12.9. The third kappa shape index (κ3) is 7.16. The molecule has 0 fully saturated rings. The van der Waals surface area contributed by atoms with Gasteiger partial charge in [-0.25, -0.2) is 4.79 Å². The fourth-order valence-corrected chi connectivity index (χ4v) is 3.19. The molecule has 2 N–H and O–H groups in total. The molecular weight excluding hydrogens is 402 g/mol. The second-order valence-corrected chi connectivity index (χ2v) is 7.73. The number of nitrogens with one attached hydrogen (secondary N) is 2. The number of carbonyl (C=O) groups is 2. The van der Waals surface area contributed by atoms with Crippen molar-refractivity contribution in [2.75, 3.05) is 19.0 Å². The number of hydrogen-bond donors (Lipinski definition) is 2. The molecule has 0 radical (unpaired) electrons. The van der Waals surface area contributed by atoms with Crippen molar-refractivity contribution in [2.45, 2.75) is 25.6 Å². The van der Waals surface area contributed by atoms with Gasteiger partial charge >= 0.3 is 6.09 Å². The number of anilines is 1. The van der Waals surface area contributed by atoms with Gasteiger partial charge in [0, 0.05) is 32.7 Å². The zero-order valence-corrected chi connectivity index (χ0v) is 18.5. The molecule has 0 aliphatic rings. The number of hydrogen-bond acceptors (Lipinski definition) is 4. The summed E-state index contributed by atoms with van der Waals surface area (Å²) in [5.74, 6) is -0.262. The summed E-state index contributed by atoms with van der Waals surface area (Å²) >= 11 is 0. The third-order valence-corrected chi connectivity index (χ3v) is 5.02. The van der Waals surface area contributed by atoms with Crippen molar-refractivity contribution in [2.24, 2.45) is 0 Å². The topological polar surface area (TPSA) is 70.7 Å². The summed E-state index contributed by atoms with van der Waals surface area (Å²) in [6.07, 6.45) is -0.257. The summed E-state index contributed by atoms with van der Waals surface area (Å²) < 4.78 is 5.31.